The fourth-order valence-corrected chi connectivity index (χ4v) is 3.16. The van der Waals surface area contributed by atoms with Crippen LogP contribution in [0.3, 0.4) is 0 Å². The Balaban J connectivity index is 1.67. The number of anilines is 1. The summed E-state index contributed by atoms with van der Waals surface area (Å²) in [6.07, 6.45) is -4.02. The number of rotatable bonds is 4. The fourth-order valence-electron chi connectivity index (χ4n) is 2.89. The van der Waals surface area contributed by atoms with E-state index in [1.165, 1.54) is 0 Å². The second-order valence-electron chi connectivity index (χ2n) is 5.92. The summed E-state index contributed by atoms with van der Waals surface area (Å²) in [5.41, 5.74) is -0.950. The number of aromatic nitrogens is 1. The molecule has 26 heavy (non-hydrogen) atoms. The molecule has 142 valence electrons. The van der Waals surface area contributed by atoms with Crippen molar-refractivity contribution in [3.05, 3.63) is 22.8 Å². The summed E-state index contributed by atoms with van der Waals surface area (Å²) in [6, 6.07) is 0.182. The Morgan fingerprint density at radius 2 is 2.23 bits per heavy atom. The zero-order chi connectivity index (χ0) is 18.9. The van der Waals surface area contributed by atoms with E-state index in [9.17, 15) is 22.8 Å². The number of hydrogen-bond acceptors (Lipinski definition) is 6. The molecule has 0 radical (unpaired) electrons. The predicted octanol–water partition coefficient (Wildman–Crippen LogP) is 2.37. The van der Waals surface area contributed by atoms with Gasteiger partial charge in [0.25, 0.3) is 0 Å². The van der Waals surface area contributed by atoms with Gasteiger partial charge in [0.1, 0.15) is 18.5 Å². The maximum absolute atomic E-state index is 12.7. The van der Waals surface area contributed by atoms with Crippen LogP contribution in [0, 0.1) is 0 Å². The van der Waals surface area contributed by atoms with Crippen LogP contribution in [0.2, 0.25) is 5.02 Å². The second-order valence-corrected chi connectivity index (χ2v) is 6.33. The molecule has 1 aromatic rings. The molecule has 2 aliphatic heterocycles. The van der Waals surface area contributed by atoms with E-state index in [1.807, 2.05) is 0 Å². The molecule has 0 aliphatic carbocycles. The van der Waals surface area contributed by atoms with Crippen molar-refractivity contribution in [2.45, 2.75) is 31.2 Å². The van der Waals surface area contributed by atoms with E-state index in [4.69, 9.17) is 16.3 Å². The summed E-state index contributed by atoms with van der Waals surface area (Å²) >= 11 is 5.97. The van der Waals surface area contributed by atoms with Crippen molar-refractivity contribution in [1.29, 1.82) is 0 Å². The number of nitrogens with zero attached hydrogens (tertiary/aromatic N) is 2. The first-order chi connectivity index (χ1) is 12.3. The van der Waals surface area contributed by atoms with Crippen molar-refractivity contribution in [2.24, 2.45) is 0 Å². The zero-order valence-electron chi connectivity index (χ0n) is 13.4. The highest BCUT2D eigenvalue weighted by Crippen LogP contribution is 2.35. The van der Waals surface area contributed by atoms with Crippen LogP contribution >= 0.6 is 11.6 Å². The van der Waals surface area contributed by atoms with E-state index in [1.54, 1.807) is 4.90 Å². The molecular weight excluding hydrogens is 379 g/mol. The van der Waals surface area contributed by atoms with Gasteiger partial charge in [-0.2, -0.15) is 13.2 Å². The molecule has 1 unspecified atom stereocenters. The average Bonchev–Trinajstić information content (AvgIpc) is 3.20. The lowest BCUT2D eigenvalue weighted by molar-refractivity contribution is -0.137. The summed E-state index contributed by atoms with van der Waals surface area (Å²) in [5.74, 6) is -0.212. The Labute approximate surface area is 151 Å². The predicted molar refractivity (Wildman–Crippen MR) is 83.8 cm³/mol. The maximum Gasteiger partial charge on any atom is 0.508 e. The molecule has 1 aromatic heterocycles. The van der Waals surface area contributed by atoms with E-state index in [0.717, 1.165) is 6.07 Å². The van der Waals surface area contributed by atoms with Crippen molar-refractivity contribution in [1.82, 2.24) is 10.3 Å². The van der Waals surface area contributed by atoms with Gasteiger partial charge in [-0.3, -0.25) is 4.79 Å². The summed E-state index contributed by atoms with van der Waals surface area (Å²) in [7, 11) is 0. The summed E-state index contributed by atoms with van der Waals surface area (Å²) in [6.45, 7) is 0.584. The molecule has 2 aliphatic rings. The fraction of sp³-hybridized carbons (Fsp3) is 0.533. The normalized spacial score (nSPS) is 22.9. The van der Waals surface area contributed by atoms with E-state index in [2.05, 4.69) is 15.0 Å². The van der Waals surface area contributed by atoms with Crippen molar-refractivity contribution in [3.8, 4) is 0 Å². The van der Waals surface area contributed by atoms with E-state index < -0.39 is 30.0 Å². The first-order valence-corrected chi connectivity index (χ1v) is 8.24. The lowest BCUT2D eigenvalue weighted by atomic mass is 10.2. The van der Waals surface area contributed by atoms with Crippen molar-refractivity contribution < 1.29 is 32.2 Å². The van der Waals surface area contributed by atoms with Crippen LogP contribution < -0.4 is 10.2 Å². The van der Waals surface area contributed by atoms with Crippen LogP contribution in [0.5, 0.6) is 0 Å². The molecule has 3 rings (SSSR count). The first kappa shape index (κ1) is 18.6. The van der Waals surface area contributed by atoms with Crippen molar-refractivity contribution in [2.75, 3.05) is 24.6 Å². The van der Waals surface area contributed by atoms with Crippen molar-refractivity contribution in [3.63, 3.8) is 0 Å². The van der Waals surface area contributed by atoms with Gasteiger partial charge < -0.3 is 19.7 Å². The number of nitrogens with one attached hydrogen (secondary N) is 1. The molecule has 3 heterocycles. The number of pyridine rings is 1. The topological polar surface area (TPSA) is 80.8 Å². The summed E-state index contributed by atoms with van der Waals surface area (Å²) in [4.78, 5) is 28.7. The van der Waals surface area contributed by atoms with E-state index >= 15 is 0 Å². The highest BCUT2D eigenvalue weighted by Gasteiger charge is 2.36. The van der Waals surface area contributed by atoms with Gasteiger partial charge >= 0.3 is 12.3 Å². The highest BCUT2D eigenvalue weighted by molar-refractivity contribution is 6.33. The minimum Gasteiger partial charge on any atom is -0.430 e. The number of amides is 1. The number of halogens is 4. The third kappa shape index (κ3) is 3.95. The third-order valence-electron chi connectivity index (χ3n) is 4.13. The molecule has 0 aromatic carbocycles. The molecule has 0 bridgehead atoms. The minimum atomic E-state index is -4.54. The summed E-state index contributed by atoms with van der Waals surface area (Å²) < 4.78 is 47.7. The van der Waals surface area contributed by atoms with Crippen molar-refractivity contribution >= 4 is 29.5 Å². The lowest BCUT2D eigenvalue weighted by Crippen LogP contribution is -2.46. The van der Waals surface area contributed by atoms with E-state index in [0.29, 0.717) is 25.6 Å². The van der Waals surface area contributed by atoms with Crippen LogP contribution in [0.25, 0.3) is 0 Å². The van der Waals surface area contributed by atoms with Gasteiger partial charge in [0.05, 0.1) is 17.1 Å². The third-order valence-corrected chi connectivity index (χ3v) is 4.41. The Morgan fingerprint density at radius 1 is 1.46 bits per heavy atom. The second kappa shape index (κ2) is 7.18. The Morgan fingerprint density at radius 3 is 2.85 bits per heavy atom. The van der Waals surface area contributed by atoms with Crippen LogP contribution in [0.4, 0.5) is 23.8 Å². The van der Waals surface area contributed by atoms with Gasteiger partial charge in [0.15, 0.2) is 6.10 Å². The van der Waals surface area contributed by atoms with Gasteiger partial charge in [0, 0.05) is 12.7 Å². The van der Waals surface area contributed by atoms with Crippen LogP contribution in [0.1, 0.15) is 18.4 Å². The SMILES string of the molecule is O=C1OC[C@@H](CNC(=O)C2CCCN2c2ncc(C(F)(F)F)cc2Cl)O1. The van der Waals surface area contributed by atoms with E-state index in [-0.39, 0.29) is 29.9 Å². The minimum absolute atomic E-state index is 0.0553. The Kier molecular flexibility index (Phi) is 5.12. The number of ether oxygens (including phenoxy) is 2. The molecule has 2 atom stereocenters. The molecule has 0 saturated carbocycles. The van der Waals surface area contributed by atoms with Gasteiger partial charge in [-0.25, -0.2) is 9.78 Å². The van der Waals surface area contributed by atoms with Gasteiger partial charge in [0.2, 0.25) is 5.91 Å². The van der Waals surface area contributed by atoms with Crippen LogP contribution in [0.15, 0.2) is 12.3 Å². The number of carbonyl (C=O) groups excluding carboxylic acids is 2. The lowest BCUT2D eigenvalue weighted by Gasteiger charge is -2.26. The van der Waals surface area contributed by atoms with Crippen LogP contribution in [-0.4, -0.2) is 48.9 Å². The smallest absolute Gasteiger partial charge is 0.430 e. The molecule has 7 nitrogen and oxygen atoms in total. The molecule has 1 amide bonds. The van der Waals surface area contributed by atoms with Gasteiger partial charge in [-0.05, 0) is 18.9 Å². The van der Waals surface area contributed by atoms with Crippen LogP contribution in [-0.2, 0) is 20.4 Å². The molecule has 0 spiro atoms. The van der Waals surface area contributed by atoms with Gasteiger partial charge in [-0.15, -0.1) is 0 Å². The number of hydrogen-bond donors (Lipinski definition) is 1. The quantitative estimate of drug-likeness (QED) is 0.791. The Bertz CT molecular complexity index is 716. The summed E-state index contributed by atoms with van der Waals surface area (Å²) in [5, 5.41) is 2.48. The number of carbonyl (C=O) groups is 2. The average molecular weight is 394 g/mol. The Hall–Kier alpha value is -2.23. The molecule has 2 fully saturated rings. The molecule has 11 heteroatoms. The zero-order valence-corrected chi connectivity index (χ0v) is 14.1. The number of cyclic esters (lactones) is 2. The largest absolute Gasteiger partial charge is 0.508 e. The first-order valence-electron chi connectivity index (χ1n) is 7.86. The molecular formula is C15H15ClF3N3O4. The molecule has 2 saturated heterocycles. The monoisotopic (exact) mass is 393 g/mol. The highest BCUT2D eigenvalue weighted by atomic mass is 35.5. The van der Waals surface area contributed by atoms with Gasteiger partial charge in [-0.1, -0.05) is 11.6 Å². The molecule has 1 N–H and O–H groups in total. The standard InChI is InChI=1S/C15H15ClF3N3O4/c16-10-4-8(15(17,18)19)5-20-12(10)22-3-1-2-11(22)13(23)21-6-9-7-25-14(24)26-9/h4-5,9,11H,1-3,6-7H2,(H,21,23)/t9-,11?/m1/s1. The maximum atomic E-state index is 12.7. The number of alkyl halides is 3.